The van der Waals surface area contributed by atoms with E-state index in [0.717, 1.165) is 51.4 Å². The van der Waals surface area contributed by atoms with Crippen molar-refractivity contribution in [3.05, 3.63) is 36.3 Å². The van der Waals surface area contributed by atoms with E-state index in [2.05, 4.69) is 37.2 Å². The van der Waals surface area contributed by atoms with E-state index in [1.54, 1.807) is 12.3 Å². The summed E-state index contributed by atoms with van der Waals surface area (Å²) >= 11 is 0. The first-order chi connectivity index (χ1) is 11.8. The Morgan fingerprint density at radius 2 is 1.88 bits per heavy atom. The molecule has 2 aromatic rings. The van der Waals surface area contributed by atoms with Crippen LogP contribution in [-0.4, -0.2) is 47.9 Å². The van der Waals surface area contributed by atoms with Gasteiger partial charge in [0.1, 0.15) is 5.82 Å². The number of benzene rings is 1. The van der Waals surface area contributed by atoms with Crippen LogP contribution in [0.25, 0.3) is 0 Å². The predicted molar refractivity (Wildman–Crippen MR) is 94.1 cm³/mol. The summed E-state index contributed by atoms with van der Waals surface area (Å²) in [5, 5.41) is 11.3. The van der Waals surface area contributed by atoms with Gasteiger partial charge in [0.2, 0.25) is 5.95 Å². The van der Waals surface area contributed by atoms with Crippen molar-refractivity contribution < 1.29 is 4.39 Å². The first kappa shape index (κ1) is 16.4. The minimum atomic E-state index is -0.169. The lowest BCUT2D eigenvalue weighted by atomic mass is 10.2. The number of aromatic nitrogens is 3. The highest BCUT2D eigenvalue weighted by molar-refractivity contribution is 5.50. The second-order valence-electron chi connectivity index (χ2n) is 5.84. The molecule has 6 nitrogen and oxygen atoms in total. The summed E-state index contributed by atoms with van der Waals surface area (Å²) in [6.07, 6.45) is 3.89. The molecule has 1 aromatic carbocycles. The van der Waals surface area contributed by atoms with Gasteiger partial charge < -0.3 is 15.1 Å². The lowest BCUT2D eigenvalue weighted by molar-refractivity contribution is 0.595. The van der Waals surface area contributed by atoms with Crippen molar-refractivity contribution in [1.29, 1.82) is 0 Å². The predicted octanol–water partition coefficient (Wildman–Crippen LogP) is 2.55. The zero-order valence-electron chi connectivity index (χ0n) is 14.0. The quantitative estimate of drug-likeness (QED) is 0.822. The van der Waals surface area contributed by atoms with Crippen LogP contribution in [0, 0.1) is 5.82 Å². The molecule has 0 saturated carbocycles. The molecule has 0 radical (unpaired) electrons. The largest absolute Gasteiger partial charge is 0.366 e. The molecule has 1 N–H and O–H groups in total. The number of para-hydroxylation sites is 1. The summed E-state index contributed by atoms with van der Waals surface area (Å²) in [4.78, 5) is 8.77. The molecular weight excluding hydrogens is 307 g/mol. The van der Waals surface area contributed by atoms with E-state index in [9.17, 15) is 4.39 Å². The van der Waals surface area contributed by atoms with Crippen LogP contribution < -0.4 is 15.1 Å². The van der Waals surface area contributed by atoms with Gasteiger partial charge in [-0.3, -0.25) is 0 Å². The molecule has 0 bridgehead atoms. The Hall–Kier alpha value is -2.44. The van der Waals surface area contributed by atoms with Crippen LogP contribution in [0.2, 0.25) is 0 Å². The molecule has 1 saturated heterocycles. The molecular formula is C17H23FN6. The molecule has 2 heterocycles. The number of rotatable bonds is 6. The first-order valence-electron chi connectivity index (χ1n) is 8.46. The molecule has 128 valence electrons. The average Bonchev–Trinajstić information content (AvgIpc) is 2.63. The number of unbranched alkanes of at least 4 members (excludes halogenated alkanes) is 1. The fourth-order valence-electron chi connectivity index (χ4n) is 2.78. The zero-order chi connectivity index (χ0) is 16.8. The van der Waals surface area contributed by atoms with Gasteiger partial charge in [0, 0.05) is 32.7 Å². The minimum absolute atomic E-state index is 0.169. The molecule has 24 heavy (non-hydrogen) atoms. The number of anilines is 3. The van der Waals surface area contributed by atoms with Gasteiger partial charge in [-0.2, -0.15) is 10.1 Å². The second kappa shape index (κ2) is 7.90. The Morgan fingerprint density at radius 3 is 2.62 bits per heavy atom. The van der Waals surface area contributed by atoms with Gasteiger partial charge in [-0.25, -0.2) is 4.39 Å². The SMILES string of the molecule is CCCCNc1nncc(N2CCN(c3ccccc3F)CC2)n1. The van der Waals surface area contributed by atoms with E-state index in [1.807, 2.05) is 12.1 Å². The van der Waals surface area contributed by atoms with Crippen LogP contribution in [0.3, 0.4) is 0 Å². The van der Waals surface area contributed by atoms with Crippen LogP contribution in [0.15, 0.2) is 30.5 Å². The van der Waals surface area contributed by atoms with Crippen LogP contribution >= 0.6 is 0 Å². The van der Waals surface area contributed by atoms with Gasteiger partial charge in [0.05, 0.1) is 11.9 Å². The fraction of sp³-hybridized carbons (Fsp3) is 0.471. The number of hydrogen-bond acceptors (Lipinski definition) is 6. The van der Waals surface area contributed by atoms with Crippen LogP contribution in [0.4, 0.5) is 21.8 Å². The highest BCUT2D eigenvalue weighted by Crippen LogP contribution is 2.21. The molecule has 0 aliphatic carbocycles. The maximum absolute atomic E-state index is 13.9. The Morgan fingerprint density at radius 1 is 1.12 bits per heavy atom. The third-order valence-electron chi connectivity index (χ3n) is 4.16. The maximum Gasteiger partial charge on any atom is 0.244 e. The van der Waals surface area contributed by atoms with E-state index in [-0.39, 0.29) is 5.82 Å². The average molecular weight is 330 g/mol. The van der Waals surface area contributed by atoms with Crippen LogP contribution in [0.1, 0.15) is 19.8 Å². The summed E-state index contributed by atoms with van der Waals surface area (Å²) in [6.45, 7) is 6.06. The summed E-state index contributed by atoms with van der Waals surface area (Å²) in [7, 11) is 0. The highest BCUT2D eigenvalue weighted by Gasteiger charge is 2.20. The molecule has 1 aliphatic rings. The van der Waals surface area contributed by atoms with Gasteiger partial charge >= 0.3 is 0 Å². The Labute approximate surface area is 141 Å². The normalized spacial score (nSPS) is 14.8. The molecule has 1 aromatic heterocycles. The summed E-state index contributed by atoms with van der Waals surface area (Å²) in [5.41, 5.74) is 0.667. The molecule has 0 amide bonds. The molecule has 0 unspecified atom stereocenters. The number of nitrogens with one attached hydrogen (secondary N) is 1. The molecule has 7 heteroatoms. The van der Waals surface area contributed by atoms with Crippen molar-refractivity contribution in [3.8, 4) is 0 Å². The van der Waals surface area contributed by atoms with Crippen molar-refractivity contribution in [1.82, 2.24) is 15.2 Å². The van der Waals surface area contributed by atoms with E-state index in [1.165, 1.54) is 6.07 Å². The molecule has 1 aliphatic heterocycles. The Kier molecular flexibility index (Phi) is 5.40. The lowest BCUT2D eigenvalue weighted by Crippen LogP contribution is -2.47. The summed E-state index contributed by atoms with van der Waals surface area (Å²) in [5.74, 6) is 1.21. The molecule has 0 spiro atoms. The number of nitrogens with zero attached hydrogens (tertiary/aromatic N) is 5. The van der Waals surface area contributed by atoms with Crippen LogP contribution in [0.5, 0.6) is 0 Å². The van der Waals surface area contributed by atoms with E-state index >= 15 is 0 Å². The van der Waals surface area contributed by atoms with E-state index in [0.29, 0.717) is 11.6 Å². The van der Waals surface area contributed by atoms with Crippen molar-refractivity contribution in [2.45, 2.75) is 19.8 Å². The lowest BCUT2D eigenvalue weighted by Gasteiger charge is -2.36. The zero-order valence-corrected chi connectivity index (χ0v) is 14.0. The van der Waals surface area contributed by atoms with Crippen molar-refractivity contribution in [2.24, 2.45) is 0 Å². The summed E-state index contributed by atoms with van der Waals surface area (Å²) in [6, 6.07) is 6.92. The Bertz CT molecular complexity index is 657. The number of halogens is 1. The Balaban J connectivity index is 1.60. The van der Waals surface area contributed by atoms with Gasteiger partial charge in [-0.15, -0.1) is 5.10 Å². The van der Waals surface area contributed by atoms with Crippen molar-refractivity contribution in [2.75, 3.05) is 47.8 Å². The first-order valence-corrected chi connectivity index (χ1v) is 8.46. The maximum atomic E-state index is 13.9. The molecule has 1 fully saturated rings. The molecule has 0 atom stereocenters. The minimum Gasteiger partial charge on any atom is -0.366 e. The summed E-state index contributed by atoms with van der Waals surface area (Å²) < 4.78 is 13.9. The van der Waals surface area contributed by atoms with Gasteiger partial charge in [0.25, 0.3) is 0 Å². The molecule has 3 rings (SSSR count). The highest BCUT2D eigenvalue weighted by atomic mass is 19.1. The number of hydrogen-bond donors (Lipinski definition) is 1. The smallest absolute Gasteiger partial charge is 0.244 e. The second-order valence-corrected chi connectivity index (χ2v) is 5.84. The van der Waals surface area contributed by atoms with Gasteiger partial charge in [-0.1, -0.05) is 25.5 Å². The van der Waals surface area contributed by atoms with Crippen molar-refractivity contribution in [3.63, 3.8) is 0 Å². The van der Waals surface area contributed by atoms with Gasteiger partial charge in [0.15, 0.2) is 5.82 Å². The van der Waals surface area contributed by atoms with Gasteiger partial charge in [-0.05, 0) is 18.6 Å². The van der Waals surface area contributed by atoms with Crippen LogP contribution in [-0.2, 0) is 0 Å². The van der Waals surface area contributed by atoms with Crippen molar-refractivity contribution >= 4 is 17.5 Å². The fourth-order valence-corrected chi connectivity index (χ4v) is 2.78. The third kappa shape index (κ3) is 3.90. The standard InChI is InChI=1S/C17H23FN6/c1-2-3-8-19-17-21-16(13-20-22-17)24-11-9-23(10-12-24)15-7-5-4-6-14(15)18/h4-7,13H,2-3,8-12H2,1H3,(H,19,21,22). The third-order valence-corrected chi connectivity index (χ3v) is 4.16. The topological polar surface area (TPSA) is 57.2 Å². The number of piperazine rings is 1. The van der Waals surface area contributed by atoms with E-state index in [4.69, 9.17) is 0 Å². The monoisotopic (exact) mass is 330 g/mol. The van der Waals surface area contributed by atoms with E-state index < -0.39 is 0 Å².